The summed E-state index contributed by atoms with van der Waals surface area (Å²) in [6.45, 7) is 1.82. The molecule has 12 heteroatoms. The topological polar surface area (TPSA) is 138 Å². The number of hydrogen-bond acceptors (Lipinski definition) is 10. The standard InChI is InChI=1S/C21H25N7O4S/c1-13(14-8-9-17(31-3)18(10-14)32-4)24-25-20-26-27-21(28(20)22)33-12-19(29)23-15-6-5-7-16(11-15)30-2/h5-11H,12,22H2,1-4H3,(H,23,29)(H,25,26)/b24-13+. The van der Waals surface area contributed by atoms with Crippen LogP contribution in [0.15, 0.2) is 52.7 Å². The van der Waals surface area contributed by atoms with Gasteiger partial charge in [-0.1, -0.05) is 17.8 Å². The van der Waals surface area contributed by atoms with Gasteiger partial charge in [-0.2, -0.15) is 5.10 Å². The Balaban J connectivity index is 1.59. The molecule has 1 aromatic heterocycles. The third-order valence-corrected chi connectivity index (χ3v) is 5.42. The van der Waals surface area contributed by atoms with E-state index in [2.05, 4.69) is 26.0 Å². The monoisotopic (exact) mass is 471 g/mol. The van der Waals surface area contributed by atoms with Crippen LogP contribution in [0, 0.1) is 0 Å². The number of carbonyl (C=O) groups excluding carboxylic acids is 1. The van der Waals surface area contributed by atoms with E-state index in [1.807, 2.05) is 19.1 Å². The molecule has 4 N–H and O–H groups in total. The van der Waals surface area contributed by atoms with Crippen LogP contribution in [0.3, 0.4) is 0 Å². The molecule has 174 valence electrons. The van der Waals surface area contributed by atoms with Crippen molar-refractivity contribution in [3.63, 3.8) is 0 Å². The second kappa shape index (κ2) is 11.1. The van der Waals surface area contributed by atoms with Crippen LogP contribution in [0.5, 0.6) is 17.2 Å². The Bertz CT molecular complexity index is 1150. The highest BCUT2D eigenvalue weighted by Crippen LogP contribution is 2.28. The van der Waals surface area contributed by atoms with Crippen molar-refractivity contribution in [3.8, 4) is 17.2 Å². The van der Waals surface area contributed by atoms with Crippen molar-refractivity contribution in [1.82, 2.24) is 14.9 Å². The van der Waals surface area contributed by atoms with E-state index in [0.717, 1.165) is 17.3 Å². The fourth-order valence-electron chi connectivity index (χ4n) is 2.74. The number of nitrogens with two attached hydrogens (primary N) is 1. The lowest BCUT2D eigenvalue weighted by atomic mass is 10.1. The largest absolute Gasteiger partial charge is 0.497 e. The number of amides is 1. The molecule has 3 rings (SSSR count). The molecule has 0 fully saturated rings. The molecule has 0 saturated carbocycles. The SMILES string of the molecule is COc1cccc(NC(=O)CSc2nnc(N/N=C(\C)c3ccc(OC)c(OC)c3)n2N)c1. The fraction of sp³-hybridized carbons (Fsp3) is 0.238. The third-order valence-electron chi connectivity index (χ3n) is 4.48. The number of nitrogen functional groups attached to an aromatic ring is 1. The number of ether oxygens (including phenoxy) is 3. The van der Waals surface area contributed by atoms with Crippen LogP contribution in [0.25, 0.3) is 0 Å². The number of methoxy groups -OCH3 is 3. The van der Waals surface area contributed by atoms with Crippen LogP contribution in [0.2, 0.25) is 0 Å². The van der Waals surface area contributed by atoms with Crippen LogP contribution < -0.4 is 30.8 Å². The van der Waals surface area contributed by atoms with Crippen LogP contribution in [0.1, 0.15) is 12.5 Å². The van der Waals surface area contributed by atoms with E-state index >= 15 is 0 Å². The number of benzene rings is 2. The number of aromatic nitrogens is 3. The van der Waals surface area contributed by atoms with E-state index < -0.39 is 0 Å². The summed E-state index contributed by atoms with van der Waals surface area (Å²) in [5.74, 6) is 8.03. The summed E-state index contributed by atoms with van der Waals surface area (Å²) in [6, 6.07) is 12.6. The van der Waals surface area contributed by atoms with Gasteiger partial charge in [-0.25, -0.2) is 10.1 Å². The average molecular weight is 472 g/mol. The number of hydrogen-bond donors (Lipinski definition) is 3. The van der Waals surface area contributed by atoms with Crippen LogP contribution in [-0.4, -0.2) is 53.6 Å². The molecule has 0 aliphatic heterocycles. The van der Waals surface area contributed by atoms with Gasteiger partial charge in [-0.05, 0) is 37.3 Å². The number of carbonyl (C=O) groups is 1. The number of anilines is 2. The van der Waals surface area contributed by atoms with E-state index in [1.54, 1.807) is 51.7 Å². The lowest BCUT2D eigenvalue weighted by Gasteiger charge is -2.09. The van der Waals surface area contributed by atoms with Crippen LogP contribution >= 0.6 is 11.8 Å². The van der Waals surface area contributed by atoms with Crippen molar-refractivity contribution in [3.05, 3.63) is 48.0 Å². The van der Waals surface area contributed by atoms with Gasteiger partial charge in [0.25, 0.3) is 5.95 Å². The van der Waals surface area contributed by atoms with Crippen molar-refractivity contribution >= 4 is 35.0 Å². The van der Waals surface area contributed by atoms with Gasteiger partial charge in [0.2, 0.25) is 11.1 Å². The Morgan fingerprint density at radius 1 is 1.09 bits per heavy atom. The first-order valence-corrected chi connectivity index (χ1v) is 10.7. The third kappa shape index (κ3) is 6.07. The molecular weight excluding hydrogens is 446 g/mol. The lowest BCUT2D eigenvalue weighted by Crippen LogP contribution is -2.17. The second-order valence-electron chi connectivity index (χ2n) is 6.62. The molecule has 0 unspecified atom stereocenters. The normalized spacial score (nSPS) is 11.1. The van der Waals surface area contributed by atoms with Gasteiger partial charge in [0.05, 0.1) is 32.8 Å². The highest BCUT2D eigenvalue weighted by Gasteiger charge is 2.13. The summed E-state index contributed by atoms with van der Waals surface area (Å²) in [6.07, 6.45) is 0. The number of hydrazone groups is 1. The molecule has 0 aliphatic rings. The number of rotatable bonds is 10. The van der Waals surface area contributed by atoms with Gasteiger partial charge in [0, 0.05) is 17.3 Å². The van der Waals surface area contributed by atoms with Crippen LogP contribution in [-0.2, 0) is 4.79 Å². The summed E-state index contributed by atoms with van der Waals surface area (Å²) in [5, 5.41) is 15.4. The predicted molar refractivity (Wildman–Crippen MR) is 128 cm³/mol. The maximum absolute atomic E-state index is 12.2. The minimum atomic E-state index is -0.215. The van der Waals surface area contributed by atoms with E-state index in [-0.39, 0.29) is 17.6 Å². The van der Waals surface area contributed by atoms with E-state index in [0.29, 0.717) is 33.8 Å². The first-order valence-electron chi connectivity index (χ1n) is 9.75. The Morgan fingerprint density at radius 2 is 1.88 bits per heavy atom. The zero-order chi connectivity index (χ0) is 23.8. The minimum Gasteiger partial charge on any atom is -0.497 e. The van der Waals surface area contributed by atoms with Crippen molar-refractivity contribution in [2.24, 2.45) is 5.10 Å². The number of thioether (sulfide) groups is 1. The molecule has 0 bridgehead atoms. The molecule has 0 saturated heterocycles. The number of nitrogens with zero attached hydrogens (tertiary/aromatic N) is 4. The summed E-state index contributed by atoms with van der Waals surface area (Å²) in [7, 11) is 4.71. The maximum atomic E-state index is 12.2. The molecule has 0 radical (unpaired) electrons. The molecule has 0 aliphatic carbocycles. The first kappa shape index (κ1) is 23.7. The minimum absolute atomic E-state index is 0.0977. The highest BCUT2D eigenvalue weighted by molar-refractivity contribution is 7.99. The van der Waals surface area contributed by atoms with Gasteiger partial charge in [0.15, 0.2) is 11.5 Å². The van der Waals surface area contributed by atoms with E-state index in [9.17, 15) is 4.79 Å². The average Bonchev–Trinajstić information content (AvgIpc) is 3.19. The Kier molecular flexibility index (Phi) is 7.97. The summed E-state index contributed by atoms with van der Waals surface area (Å²) in [5.41, 5.74) is 4.92. The van der Waals surface area contributed by atoms with E-state index in [1.165, 1.54) is 4.68 Å². The summed E-state index contributed by atoms with van der Waals surface area (Å²) < 4.78 is 16.9. The van der Waals surface area contributed by atoms with Crippen molar-refractivity contribution in [2.75, 3.05) is 43.7 Å². The first-order chi connectivity index (χ1) is 15.9. The Hall–Kier alpha value is -3.93. The smallest absolute Gasteiger partial charge is 0.264 e. The van der Waals surface area contributed by atoms with Gasteiger partial charge in [-0.3, -0.25) is 4.79 Å². The Morgan fingerprint density at radius 3 is 2.61 bits per heavy atom. The van der Waals surface area contributed by atoms with E-state index in [4.69, 9.17) is 20.1 Å². The zero-order valence-electron chi connectivity index (χ0n) is 18.7. The van der Waals surface area contributed by atoms with Gasteiger partial charge >= 0.3 is 0 Å². The zero-order valence-corrected chi connectivity index (χ0v) is 19.5. The maximum Gasteiger partial charge on any atom is 0.264 e. The van der Waals surface area contributed by atoms with Crippen LogP contribution in [0.4, 0.5) is 11.6 Å². The summed E-state index contributed by atoms with van der Waals surface area (Å²) in [4.78, 5) is 12.2. The molecule has 0 atom stereocenters. The molecule has 1 amide bonds. The molecule has 1 heterocycles. The van der Waals surface area contributed by atoms with Gasteiger partial charge in [0.1, 0.15) is 5.75 Å². The van der Waals surface area contributed by atoms with Crippen molar-refractivity contribution in [2.45, 2.75) is 12.1 Å². The molecule has 33 heavy (non-hydrogen) atoms. The quantitative estimate of drug-likeness (QED) is 0.176. The van der Waals surface area contributed by atoms with Crippen molar-refractivity contribution in [1.29, 1.82) is 0 Å². The van der Waals surface area contributed by atoms with Gasteiger partial charge < -0.3 is 25.4 Å². The fourth-order valence-corrected chi connectivity index (χ4v) is 3.40. The second-order valence-corrected chi connectivity index (χ2v) is 7.57. The van der Waals surface area contributed by atoms with Crippen molar-refractivity contribution < 1.29 is 19.0 Å². The lowest BCUT2D eigenvalue weighted by molar-refractivity contribution is -0.113. The number of nitrogens with one attached hydrogen (secondary N) is 2. The molecular formula is C21H25N7O4S. The molecule has 2 aromatic carbocycles. The molecule has 11 nitrogen and oxygen atoms in total. The highest BCUT2D eigenvalue weighted by atomic mass is 32.2. The summed E-state index contributed by atoms with van der Waals surface area (Å²) >= 11 is 1.15. The van der Waals surface area contributed by atoms with Gasteiger partial charge in [-0.15, -0.1) is 10.2 Å². The Labute approximate surface area is 195 Å². The molecule has 0 spiro atoms. The molecule has 3 aromatic rings. The predicted octanol–water partition coefficient (Wildman–Crippen LogP) is 2.58.